The topological polar surface area (TPSA) is 61.4 Å². The number of rotatable bonds is 5. The molecule has 5 nitrogen and oxygen atoms in total. The van der Waals surface area contributed by atoms with Crippen molar-refractivity contribution in [3.8, 4) is 0 Å². The maximum atomic E-state index is 12.1. The minimum Gasteiger partial charge on any atom is -0.372 e. The highest BCUT2D eigenvalue weighted by Crippen LogP contribution is 2.21. The predicted octanol–water partition coefficient (Wildman–Crippen LogP) is 3.35. The molecule has 0 atom stereocenters. The molecule has 0 aromatic heterocycles. The standard InChI is InChI=1S/C21H25N3O2/c1-16-7-3-4-8-19(16)21(26)22-15-20(25)23-17-9-11-18(12-10-17)24-13-5-2-6-14-24/h3-4,7-12H,2,5-6,13-15H2,1H3,(H,22,26)(H,23,25). The molecule has 3 rings (SSSR count). The van der Waals surface area contributed by atoms with E-state index in [1.807, 2.05) is 49.4 Å². The van der Waals surface area contributed by atoms with E-state index >= 15 is 0 Å². The van der Waals surface area contributed by atoms with Gasteiger partial charge in [0, 0.05) is 30.0 Å². The summed E-state index contributed by atoms with van der Waals surface area (Å²) in [6.07, 6.45) is 3.77. The lowest BCUT2D eigenvalue weighted by atomic mass is 10.1. The van der Waals surface area contributed by atoms with E-state index < -0.39 is 0 Å². The second kappa shape index (κ2) is 8.52. The summed E-state index contributed by atoms with van der Waals surface area (Å²) in [6, 6.07) is 15.2. The Bertz CT molecular complexity index is 765. The molecule has 1 aliphatic rings. The van der Waals surface area contributed by atoms with E-state index in [0.717, 1.165) is 24.3 Å². The first-order valence-electron chi connectivity index (χ1n) is 9.12. The third-order valence-electron chi connectivity index (χ3n) is 4.67. The summed E-state index contributed by atoms with van der Waals surface area (Å²) in [4.78, 5) is 26.6. The van der Waals surface area contributed by atoms with Crippen LogP contribution in [0.15, 0.2) is 48.5 Å². The van der Waals surface area contributed by atoms with Crippen LogP contribution in [0.4, 0.5) is 11.4 Å². The van der Waals surface area contributed by atoms with Gasteiger partial charge >= 0.3 is 0 Å². The van der Waals surface area contributed by atoms with Gasteiger partial charge in [-0.15, -0.1) is 0 Å². The lowest BCUT2D eigenvalue weighted by Crippen LogP contribution is -2.33. The van der Waals surface area contributed by atoms with Crippen molar-refractivity contribution in [3.63, 3.8) is 0 Å². The Morgan fingerprint density at radius 2 is 1.65 bits per heavy atom. The van der Waals surface area contributed by atoms with Gasteiger partial charge in [0.05, 0.1) is 6.54 Å². The monoisotopic (exact) mass is 351 g/mol. The summed E-state index contributed by atoms with van der Waals surface area (Å²) in [5, 5.41) is 5.49. The molecule has 0 bridgehead atoms. The Balaban J connectivity index is 1.50. The molecular formula is C21H25N3O2. The molecule has 2 N–H and O–H groups in total. The third-order valence-corrected chi connectivity index (χ3v) is 4.67. The van der Waals surface area contributed by atoms with Crippen molar-refractivity contribution in [1.82, 2.24) is 5.32 Å². The molecule has 0 unspecified atom stereocenters. The Morgan fingerprint density at radius 3 is 2.35 bits per heavy atom. The van der Waals surface area contributed by atoms with Gasteiger partial charge in [0.2, 0.25) is 5.91 Å². The highest BCUT2D eigenvalue weighted by molar-refractivity contribution is 6.00. The number of anilines is 2. The van der Waals surface area contributed by atoms with Gasteiger partial charge in [-0.1, -0.05) is 18.2 Å². The SMILES string of the molecule is Cc1ccccc1C(=O)NCC(=O)Nc1ccc(N2CCCCC2)cc1. The van der Waals surface area contributed by atoms with Gasteiger partial charge in [0.1, 0.15) is 0 Å². The molecule has 1 saturated heterocycles. The van der Waals surface area contributed by atoms with Crippen LogP contribution in [0.2, 0.25) is 0 Å². The van der Waals surface area contributed by atoms with Gasteiger partial charge in [0.25, 0.3) is 5.91 Å². The van der Waals surface area contributed by atoms with Crippen LogP contribution >= 0.6 is 0 Å². The lowest BCUT2D eigenvalue weighted by molar-refractivity contribution is -0.115. The largest absolute Gasteiger partial charge is 0.372 e. The van der Waals surface area contributed by atoms with E-state index in [2.05, 4.69) is 15.5 Å². The first kappa shape index (κ1) is 18.0. The fourth-order valence-electron chi connectivity index (χ4n) is 3.20. The number of hydrogen-bond donors (Lipinski definition) is 2. The summed E-state index contributed by atoms with van der Waals surface area (Å²) in [7, 11) is 0. The number of carbonyl (C=O) groups is 2. The highest BCUT2D eigenvalue weighted by atomic mass is 16.2. The van der Waals surface area contributed by atoms with Gasteiger partial charge in [-0.05, 0) is 62.1 Å². The van der Waals surface area contributed by atoms with Crippen LogP contribution in [0.1, 0.15) is 35.2 Å². The van der Waals surface area contributed by atoms with Crippen LogP contribution in [0.3, 0.4) is 0 Å². The first-order valence-corrected chi connectivity index (χ1v) is 9.12. The average molecular weight is 351 g/mol. The molecular weight excluding hydrogens is 326 g/mol. The van der Waals surface area contributed by atoms with E-state index in [1.54, 1.807) is 6.07 Å². The number of amides is 2. The zero-order valence-corrected chi connectivity index (χ0v) is 15.1. The summed E-state index contributed by atoms with van der Waals surface area (Å²) in [5.74, 6) is -0.476. The van der Waals surface area contributed by atoms with Crippen molar-refractivity contribution in [2.75, 3.05) is 29.9 Å². The van der Waals surface area contributed by atoms with Crippen LogP contribution in [0, 0.1) is 6.92 Å². The molecule has 1 heterocycles. The Hall–Kier alpha value is -2.82. The maximum Gasteiger partial charge on any atom is 0.251 e. The van der Waals surface area contributed by atoms with E-state index in [4.69, 9.17) is 0 Å². The van der Waals surface area contributed by atoms with Gasteiger partial charge < -0.3 is 15.5 Å². The number of piperidine rings is 1. The van der Waals surface area contributed by atoms with Gasteiger partial charge in [-0.25, -0.2) is 0 Å². The fourth-order valence-corrected chi connectivity index (χ4v) is 3.20. The van der Waals surface area contributed by atoms with Crippen molar-refractivity contribution < 1.29 is 9.59 Å². The average Bonchev–Trinajstić information content (AvgIpc) is 2.68. The van der Waals surface area contributed by atoms with Gasteiger partial charge in [0.15, 0.2) is 0 Å². The van der Waals surface area contributed by atoms with Crippen LogP contribution in [0.25, 0.3) is 0 Å². The minimum absolute atomic E-state index is 0.0545. The molecule has 5 heteroatoms. The molecule has 136 valence electrons. The van der Waals surface area contributed by atoms with Crippen molar-refractivity contribution in [1.29, 1.82) is 0 Å². The van der Waals surface area contributed by atoms with Crippen molar-refractivity contribution >= 4 is 23.2 Å². The number of nitrogens with zero attached hydrogens (tertiary/aromatic N) is 1. The second-order valence-corrected chi connectivity index (χ2v) is 6.64. The minimum atomic E-state index is -0.238. The maximum absolute atomic E-state index is 12.1. The number of carbonyl (C=O) groups excluding carboxylic acids is 2. The van der Waals surface area contributed by atoms with Gasteiger partial charge in [-0.2, -0.15) is 0 Å². The number of benzene rings is 2. The van der Waals surface area contributed by atoms with E-state index in [0.29, 0.717) is 5.56 Å². The van der Waals surface area contributed by atoms with Crippen LogP contribution < -0.4 is 15.5 Å². The fraction of sp³-hybridized carbons (Fsp3) is 0.333. The normalized spacial score (nSPS) is 14.0. The first-order chi connectivity index (χ1) is 12.6. The second-order valence-electron chi connectivity index (χ2n) is 6.64. The quantitative estimate of drug-likeness (QED) is 0.868. The Labute approximate surface area is 154 Å². The summed E-state index contributed by atoms with van der Waals surface area (Å²) in [5.41, 5.74) is 3.40. The molecule has 2 aromatic carbocycles. The molecule has 1 aliphatic heterocycles. The summed E-state index contributed by atoms with van der Waals surface area (Å²) in [6.45, 7) is 4.01. The molecule has 1 fully saturated rings. The van der Waals surface area contributed by atoms with Gasteiger partial charge in [-0.3, -0.25) is 9.59 Å². The molecule has 0 spiro atoms. The molecule has 0 radical (unpaired) electrons. The molecule has 0 aliphatic carbocycles. The zero-order valence-electron chi connectivity index (χ0n) is 15.1. The molecule has 2 aromatic rings. The van der Waals surface area contributed by atoms with E-state index in [-0.39, 0.29) is 18.4 Å². The van der Waals surface area contributed by atoms with E-state index in [9.17, 15) is 9.59 Å². The smallest absolute Gasteiger partial charge is 0.251 e. The van der Waals surface area contributed by atoms with Crippen LogP contribution in [-0.2, 0) is 4.79 Å². The summed E-state index contributed by atoms with van der Waals surface area (Å²) < 4.78 is 0. The molecule has 0 saturated carbocycles. The highest BCUT2D eigenvalue weighted by Gasteiger charge is 2.12. The number of hydrogen-bond acceptors (Lipinski definition) is 3. The van der Waals surface area contributed by atoms with Crippen molar-refractivity contribution in [2.24, 2.45) is 0 Å². The molecule has 26 heavy (non-hydrogen) atoms. The van der Waals surface area contributed by atoms with E-state index in [1.165, 1.54) is 24.9 Å². The van der Waals surface area contributed by atoms with Crippen molar-refractivity contribution in [3.05, 3.63) is 59.7 Å². The zero-order chi connectivity index (χ0) is 18.4. The number of aryl methyl sites for hydroxylation is 1. The predicted molar refractivity (Wildman–Crippen MR) is 105 cm³/mol. The Morgan fingerprint density at radius 1 is 0.962 bits per heavy atom. The summed E-state index contributed by atoms with van der Waals surface area (Å²) >= 11 is 0. The Kier molecular flexibility index (Phi) is 5.89. The van der Waals surface area contributed by atoms with Crippen molar-refractivity contribution in [2.45, 2.75) is 26.2 Å². The van der Waals surface area contributed by atoms with Crippen LogP contribution in [-0.4, -0.2) is 31.4 Å². The number of nitrogens with one attached hydrogen (secondary N) is 2. The molecule has 2 amide bonds. The lowest BCUT2D eigenvalue weighted by Gasteiger charge is -2.28. The third kappa shape index (κ3) is 4.63. The van der Waals surface area contributed by atoms with Crippen LogP contribution in [0.5, 0.6) is 0 Å².